The highest BCUT2D eigenvalue weighted by Crippen LogP contribution is 2.44. The third kappa shape index (κ3) is 3.96. The SMILES string of the molecule is CC(C)(C)C1CCc2c(sc(NC(=O)Cc3cccs3)c2C(=O)O)C1. The van der Waals surface area contributed by atoms with Gasteiger partial charge in [-0.25, -0.2) is 4.79 Å². The number of fused-ring (bicyclic) bond motifs is 1. The van der Waals surface area contributed by atoms with Crippen molar-refractivity contribution in [1.82, 2.24) is 0 Å². The molecule has 1 aliphatic carbocycles. The van der Waals surface area contributed by atoms with Gasteiger partial charge in [0.25, 0.3) is 0 Å². The van der Waals surface area contributed by atoms with Crippen LogP contribution in [0.25, 0.3) is 0 Å². The Hall–Kier alpha value is -1.66. The highest BCUT2D eigenvalue weighted by molar-refractivity contribution is 7.17. The second-order valence-corrected chi connectivity index (χ2v) is 9.76. The van der Waals surface area contributed by atoms with E-state index < -0.39 is 5.97 Å². The lowest BCUT2D eigenvalue weighted by Crippen LogP contribution is -2.26. The van der Waals surface area contributed by atoms with Gasteiger partial charge >= 0.3 is 5.97 Å². The van der Waals surface area contributed by atoms with Crippen LogP contribution in [0, 0.1) is 11.3 Å². The summed E-state index contributed by atoms with van der Waals surface area (Å²) in [7, 11) is 0. The number of carboxylic acid groups (broad SMARTS) is 1. The maximum Gasteiger partial charge on any atom is 0.339 e. The van der Waals surface area contributed by atoms with E-state index in [-0.39, 0.29) is 17.7 Å². The molecule has 134 valence electrons. The zero-order valence-electron chi connectivity index (χ0n) is 14.7. The molecule has 1 atom stereocenters. The average Bonchev–Trinajstić information content (AvgIpc) is 3.11. The Labute approximate surface area is 155 Å². The summed E-state index contributed by atoms with van der Waals surface area (Å²) in [6.45, 7) is 6.70. The first-order chi connectivity index (χ1) is 11.8. The van der Waals surface area contributed by atoms with E-state index in [1.165, 1.54) is 22.7 Å². The normalized spacial score (nSPS) is 17.2. The molecule has 1 unspecified atom stereocenters. The van der Waals surface area contributed by atoms with E-state index in [1.807, 2.05) is 17.5 Å². The third-order valence-electron chi connectivity index (χ3n) is 4.87. The average molecular weight is 378 g/mol. The molecule has 0 fully saturated rings. The second-order valence-electron chi connectivity index (χ2n) is 7.62. The molecule has 0 saturated heterocycles. The molecule has 2 aromatic heterocycles. The summed E-state index contributed by atoms with van der Waals surface area (Å²) >= 11 is 2.97. The fraction of sp³-hybridized carbons (Fsp3) is 0.474. The molecule has 0 saturated carbocycles. The number of amides is 1. The number of hydrogen-bond acceptors (Lipinski definition) is 4. The van der Waals surface area contributed by atoms with Crippen molar-refractivity contribution in [2.45, 2.75) is 46.5 Å². The van der Waals surface area contributed by atoms with Crippen LogP contribution in [-0.4, -0.2) is 17.0 Å². The number of nitrogens with one attached hydrogen (secondary N) is 1. The van der Waals surface area contributed by atoms with Crippen LogP contribution < -0.4 is 5.32 Å². The topological polar surface area (TPSA) is 66.4 Å². The van der Waals surface area contributed by atoms with Crippen molar-refractivity contribution in [3.63, 3.8) is 0 Å². The fourth-order valence-corrected chi connectivity index (χ4v) is 5.42. The smallest absolute Gasteiger partial charge is 0.339 e. The molecule has 25 heavy (non-hydrogen) atoms. The zero-order valence-corrected chi connectivity index (χ0v) is 16.4. The van der Waals surface area contributed by atoms with Gasteiger partial charge in [-0.3, -0.25) is 4.79 Å². The molecular formula is C19H23NO3S2. The van der Waals surface area contributed by atoms with Gasteiger partial charge in [0, 0.05) is 9.75 Å². The Morgan fingerprint density at radius 2 is 2.12 bits per heavy atom. The van der Waals surface area contributed by atoms with E-state index >= 15 is 0 Å². The van der Waals surface area contributed by atoms with Gasteiger partial charge in [-0.15, -0.1) is 22.7 Å². The molecule has 4 nitrogen and oxygen atoms in total. The van der Waals surface area contributed by atoms with Crippen LogP contribution in [0.5, 0.6) is 0 Å². The highest BCUT2D eigenvalue weighted by atomic mass is 32.1. The predicted molar refractivity (Wildman–Crippen MR) is 103 cm³/mol. The number of anilines is 1. The van der Waals surface area contributed by atoms with E-state index in [4.69, 9.17) is 0 Å². The lowest BCUT2D eigenvalue weighted by molar-refractivity contribution is -0.115. The number of carbonyl (C=O) groups excluding carboxylic acids is 1. The molecule has 0 aliphatic heterocycles. The van der Waals surface area contributed by atoms with Crippen LogP contribution in [0.4, 0.5) is 5.00 Å². The molecule has 3 rings (SSSR count). The van der Waals surface area contributed by atoms with Crippen molar-refractivity contribution < 1.29 is 14.7 Å². The Balaban J connectivity index is 1.84. The van der Waals surface area contributed by atoms with Crippen molar-refractivity contribution in [3.8, 4) is 0 Å². The Bertz CT molecular complexity index is 784. The van der Waals surface area contributed by atoms with Gasteiger partial charge in [-0.1, -0.05) is 26.8 Å². The quantitative estimate of drug-likeness (QED) is 0.801. The molecule has 0 aromatic carbocycles. The molecule has 6 heteroatoms. The molecule has 2 N–H and O–H groups in total. The molecule has 0 radical (unpaired) electrons. The number of thiophene rings is 2. The summed E-state index contributed by atoms with van der Waals surface area (Å²) in [5, 5.41) is 14.9. The first-order valence-electron chi connectivity index (χ1n) is 8.45. The maximum atomic E-state index is 12.3. The Morgan fingerprint density at radius 1 is 1.36 bits per heavy atom. The monoisotopic (exact) mass is 377 g/mol. The summed E-state index contributed by atoms with van der Waals surface area (Å²) in [4.78, 5) is 26.2. The van der Waals surface area contributed by atoms with Crippen LogP contribution in [0.15, 0.2) is 17.5 Å². The van der Waals surface area contributed by atoms with Crippen molar-refractivity contribution in [1.29, 1.82) is 0 Å². The number of aromatic carboxylic acids is 1. The van der Waals surface area contributed by atoms with Gasteiger partial charge in [0.15, 0.2) is 0 Å². The minimum atomic E-state index is -0.946. The molecular weight excluding hydrogens is 354 g/mol. The highest BCUT2D eigenvalue weighted by Gasteiger charge is 2.34. The minimum absolute atomic E-state index is 0.157. The van der Waals surface area contributed by atoms with Crippen LogP contribution in [0.3, 0.4) is 0 Å². The number of hydrogen-bond donors (Lipinski definition) is 2. The molecule has 2 heterocycles. The Morgan fingerprint density at radius 3 is 2.72 bits per heavy atom. The summed E-state index contributed by atoms with van der Waals surface area (Å²) in [6, 6.07) is 3.82. The maximum absolute atomic E-state index is 12.3. The van der Waals surface area contributed by atoms with E-state index in [0.29, 0.717) is 16.5 Å². The predicted octanol–water partition coefficient (Wildman–Crippen LogP) is 4.84. The van der Waals surface area contributed by atoms with Gasteiger partial charge in [-0.05, 0) is 47.6 Å². The molecule has 2 aromatic rings. The van der Waals surface area contributed by atoms with Crippen LogP contribution >= 0.6 is 22.7 Å². The van der Waals surface area contributed by atoms with E-state index in [1.54, 1.807) is 0 Å². The van der Waals surface area contributed by atoms with Crippen molar-refractivity contribution in [2.24, 2.45) is 11.3 Å². The number of carbonyl (C=O) groups is 2. The van der Waals surface area contributed by atoms with Gasteiger partial charge in [0.2, 0.25) is 5.91 Å². The van der Waals surface area contributed by atoms with Crippen LogP contribution in [0.2, 0.25) is 0 Å². The number of carboxylic acids is 1. The third-order valence-corrected chi connectivity index (χ3v) is 6.92. The van der Waals surface area contributed by atoms with Crippen molar-refractivity contribution in [3.05, 3.63) is 38.4 Å². The largest absolute Gasteiger partial charge is 0.478 e. The lowest BCUT2D eigenvalue weighted by atomic mass is 9.72. The standard InChI is InChI=1S/C19H23NO3S2/c1-19(2,3)11-6-7-13-14(9-11)25-17(16(13)18(22)23)20-15(21)10-12-5-4-8-24-12/h4-5,8,11H,6-7,9-10H2,1-3H3,(H,20,21)(H,22,23). The molecule has 0 spiro atoms. The van der Waals surface area contributed by atoms with Gasteiger partial charge in [0.1, 0.15) is 5.00 Å². The van der Waals surface area contributed by atoms with Crippen LogP contribution in [0.1, 0.15) is 52.9 Å². The summed E-state index contributed by atoms with van der Waals surface area (Å²) in [6.07, 6.45) is 2.95. The first kappa shape index (κ1) is 18.1. The summed E-state index contributed by atoms with van der Waals surface area (Å²) in [5.74, 6) is -0.566. The lowest BCUT2D eigenvalue weighted by Gasteiger charge is -2.33. The summed E-state index contributed by atoms with van der Waals surface area (Å²) < 4.78 is 0. The van der Waals surface area contributed by atoms with Gasteiger partial charge in [0.05, 0.1) is 12.0 Å². The van der Waals surface area contributed by atoms with Crippen LogP contribution in [-0.2, 0) is 24.1 Å². The second kappa shape index (κ2) is 6.92. The van der Waals surface area contributed by atoms with Gasteiger partial charge in [-0.2, -0.15) is 0 Å². The van der Waals surface area contributed by atoms with Crippen molar-refractivity contribution in [2.75, 3.05) is 5.32 Å². The fourth-order valence-electron chi connectivity index (χ4n) is 3.38. The molecule has 1 amide bonds. The van der Waals surface area contributed by atoms with E-state index in [2.05, 4.69) is 26.1 Å². The number of rotatable bonds is 4. The van der Waals surface area contributed by atoms with E-state index in [0.717, 1.165) is 34.6 Å². The first-order valence-corrected chi connectivity index (χ1v) is 10.2. The minimum Gasteiger partial charge on any atom is -0.478 e. The summed E-state index contributed by atoms with van der Waals surface area (Å²) in [5.41, 5.74) is 1.42. The molecule has 1 aliphatic rings. The van der Waals surface area contributed by atoms with Gasteiger partial charge < -0.3 is 10.4 Å². The Kier molecular flexibility index (Phi) is 5.02. The van der Waals surface area contributed by atoms with E-state index in [9.17, 15) is 14.7 Å². The zero-order chi connectivity index (χ0) is 18.2. The molecule has 0 bridgehead atoms. The van der Waals surface area contributed by atoms with Crippen molar-refractivity contribution >= 4 is 39.6 Å².